The molecule has 1 aromatic heterocycles. The topological polar surface area (TPSA) is 24.9 Å². The molecule has 1 heterocycles. The summed E-state index contributed by atoms with van der Waals surface area (Å²) in [5.74, 6) is -0.501. The van der Waals surface area contributed by atoms with Crippen molar-refractivity contribution in [3.05, 3.63) is 50.7 Å². The number of thiazole rings is 1. The third kappa shape index (κ3) is 3.72. The number of halogens is 5. The number of nitrogens with zero attached hydrogens (tertiary/aromatic N) is 1. The molecule has 0 aliphatic rings. The van der Waals surface area contributed by atoms with Gasteiger partial charge in [-0.15, -0.1) is 11.3 Å². The molecule has 0 saturated heterocycles. The number of hydrogen-bond donors (Lipinski definition) is 1. The van der Waals surface area contributed by atoms with Gasteiger partial charge in [-0.05, 0) is 24.2 Å². The maximum absolute atomic E-state index is 13.1. The minimum Gasteiger partial charge on any atom is -0.306 e. The van der Waals surface area contributed by atoms with E-state index in [1.165, 1.54) is 18.3 Å². The average Bonchev–Trinajstić information content (AvgIpc) is 2.86. The molecular formula is C13H11ClF4N2S. The van der Waals surface area contributed by atoms with Crippen molar-refractivity contribution in [3.8, 4) is 0 Å². The molecule has 0 radical (unpaired) electrons. The maximum atomic E-state index is 13.1. The van der Waals surface area contributed by atoms with E-state index in [1.54, 1.807) is 0 Å². The van der Waals surface area contributed by atoms with Gasteiger partial charge in [-0.2, -0.15) is 13.2 Å². The smallest absolute Gasteiger partial charge is 0.306 e. The highest BCUT2D eigenvalue weighted by atomic mass is 35.5. The fourth-order valence-corrected chi connectivity index (χ4v) is 3.01. The Balaban J connectivity index is 2.41. The van der Waals surface area contributed by atoms with Crippen molar-refractivity contribution >= 4 is 22.9 Å². The Morgan fingerprint density at radius 2 is 2.10 bits per heavy atom. The monoisotopic (exact) mass is 338 g/mol. The molecule has 0 aliphatic carbocycles. The fraction of sp³-hybridized carbons (Fsp3) is 0.308. The van der Waals surface area contributed by atoms with Crippen molar-refractivity contribution in [2.24, 2.45) is 0 Å². The molecule has 8 heteroatoms. The zero-order valence-corrected chi connectivity index (χ0v) is 12.4. The first-order valence-electron chi connectivity index (χ1n) is 6.04. The zero-order chi connectivity index (χ0) is 15.6. The van der Waals surface area contributed by atoms with E-state index in [0.29, 0.717) is 28.3 Å². The molecule has 1 unspecified atom stereocenters. The van der Waals surface area contributed by atoms with E-state index in [0.717, 1.165) is 6.07 Å². The van der Waals surface area contributed by atoms with E-state index in [4.69, 9.17) is 11.6 Å². The van der Waals surface area contributed by atoms with Crippen LogP contribution in [-0.2, 0) is 6.18 Å². The van der Waals surface area contributed by atoms with Crippen LogP contribution in [0, 0.1) is 5.82 Å². The number of aromatic nitrogens is 1. The van der Waals surface area contributed by atoms with Gasteiger partial charge in [0.1, 0.15) is 5.82 Å². The summed E-state index contributed by atoms with van der Waals surface area (Å²) in [6.45, 7) is 2.33. The molecule has 21 heavy (non-hydrogen) atoms. The van der Waals surface area contributed by atoms with Gasteiger partial charge in [-0.1, -0.05) is 24.6 Å². The Bertz CT molecular complexity index is 627. The van der Waals surface area contributed by atoms with E-state index in [9.17, 15) is 17.6 Å². The van der Waals surface area contributed by atoms with E-state index in [-0.39, 0.29) is 5.02 Å². The van der Waals surface area contributed by atoms with Gasteiger partial charge in [-0.3, -0.25) is 0 Å². The molecular weight excluding hydrogens is 328 g/mol. The zero-order valence-electron chi connectivity index (χ0n) is 10.8. The Morgan fingerprint density at radius 3 is 2.62 bits per heavy atom. The van der Waals surface area contributed by atoms with Crippen LogP contribution in [0.3, 0.4) is 0 Å². The van der Waals surface area contributed by atoms with Gasteiger partial charge in [0.25, 0.3) is 0 Å². The minimum atomic E-state index is -4.48. The van der Waals surface area contributed by atoms with Crippen LogP contribution in [0.4, 0.5) is 17.6 Å². The van der Waals surface area contributed by atoms with E-state index >= 15 is 0 Å². The van der Waals surface area contributed by atoms with Crippen LogP contribution >= 0.6 is 22.9 Å². The van der Waals surface area contributed by atoms with Gasteiger partial charge in [0.05, 0.1) is 6.04 Å². The fourth-order valence-electron chi connectivity index (χ4n) is 1.85. The summed E-state index contributed by atoms with van der Waals surface area (Å²) in [7, 11) is 0. The lowest BCUT2D eigenvalue weighted by Gasteiger charge is -2.18. The Morgan fingerprint density at radius 1 is 1.38 bits per heavy atom. The second-order valence-corrected chi connectivity index (χ2v) is 5.69. The summed E-state index contributed by atoms with van der Waals surface area (Å²) < 4.78 is 51.0. The maximum Gasteiger partial charge on any atom is 0.443 e. The lowest BCUT2D eigenvalue weighted by molar-refractivity contribution is -0.137. The molecule has 2 rings (SSSR count). The van der Waals surface area contributed by atoms with Gasteiger partial charge < -0.3 is 5.32 Å². The largest absolute Gasteiger partial charge is 0.443 e. The van der Waals surface area contributed by atoms with Gasteiger partial charge in [-0.25, -0.2) is 9.37 Å². The first kappa shape index (κ1) is 16.2. The number of hydrogen-bond acceptors (Lipinski definition) is 3. The number of nitrogens with one attached hydrogen (secondary N) is 1. The van der Waals surface area contributed by atoms with Gasteiger partial charge in [0.15, 0.2) is 5.01 Å². The predicted molar refractivity (Wildman–Crippen MR) is 74.0 cm³/mol. The van der Waals surface area contributed by atoms with Crippen LogP contribution in [0.15, 0.2) is 24.4 Å². The van der Waals surface area contributed by atoms with Crippen LogP contribution in [0.25, 0.3) is 0 Å². The third-order valence-electron chi connectivity index (χ3n) is 2.73. The summed E-state index contributed by atoms with van der Waals surface area (Å²) in [4.78, 5) is 3.77. The van der Waals surface area contributed by atoms with Crippen LogP contribution in [0.1, 0.15) is 28.4 Å². The summed E-state index contributed by atoms with van der Waals surface area (Å²) in [6, 6.07) is 3.25. The SMILES string of the molecule is CCNC(c1cnc(C(F)(F)F)s1)c1ccc(F)cc1Cl. The molecule has 2 aromatic rings. The van der Waals surface area contributed by atoms with Crippen molar-refractivity contribution < 1.29 is 17.6 Å². The quantitative estimate of drug-likeness (QED) is 0.821. The molecule has 1 aromatic carbocycles. The summed E-state index contributed by atoms with van der Waals surface area (Å²) in [6.07, 6.45) is -3.31. The number of rotatable bonds is 4. The van der Waals surface area contributed by atoms with Crippen LogP contribution < -0.4 is 5.32 Å². The van der Waals surface area contributed by atoms with E-state index < -0.39 is 23.0 Å². The lowest BCUT2D eigenvalue weighted by Crippen LogP contribution is -2.21. The summed E-state index contributed by atoms with van der Waals surface area (Å²) >= 11 is 6.53. The molecule has 0 fully saturated rings. The summed E-state index contributed by atoms with van der Waals surface area (Å²) in [5.41, 5.74) is 0.511. The molecule has 0 aliphatic heterocycles. The molecule has 0 spiro atoms. The molecule has 2 nitrogen and oxygen atoms in total. The van der Waals surface area contributed by atoms with Gasteiger partial charge in [0, 0.05) is 16.1 Å². The highest BCUT2D eigenvalue weighted by molar-refractivity contribution is 7.11. The first-order chi connectivity index (χ1) is 9.82. The van der Waals surface area contributed by atoms with Crippen molar-refractivity contribution in [3.63, 3.8) is 0 Å². The van der Waals surface area contributed by atoms with E-state index in [1.807, 2.05) is 6.92 Å². The first-order valence-corrected chi connectivity index (χ1v) is 7.23. The summed E-state index contributed by atoms with van der Waals surface area (Å²) in [5, 5.41) is 2.27. The Kier molecular flexibility index (Phi) is 4.85. The van der Waals surface area contributed by atoms with Crippen molar-refractivity contribution in [2.45, 2.75) is 19.1 Å². The Labute approximate surface area is 127 Å². The molecule has 0 bridgehead atoms. The standard InChI is InChI=1S/C13H11ClF4N2S/c1-2-19-11(8-4-3-7(15)5-9(8)14)10-6-20-12(21-10)13(16,17)18/h3-6,11,19H,2H2,1H3. The molecule has 114 valence electrons. The van der Waals surface area contributed by atoms with Crippen molar-refractivity contribution in [1.29, 1.82) is 0 Å². The Hall–Kier alpha value is -1.18. The number of benzene rings is 1. The predicted octanol–water partition coefficient (Wildman–Crippen LogP) is 4.65. The third-order valence-corrected chi connectivity index (χ3v) is 4.17. The van der Waals surface area contributed by atoms with Crippen LogP contribution in [0.5, 0.6) is 0 Å². The van der Waals surface area contributed by atoms with E-state index in [2.05, 4.69) is 10.3 Å². The normalized spacial score (nSPS) is 13.4. The second-order valence-electron chi connectivity index (χ2n) is 4.22. The highest BCUT2D eigenvalue weighted by Crippen LogP contribution is 2.37. The average molecular weight is 339 g/mol. The molecule has 0 saturated carbocycles. The van der Waals surface area contributed by atoms with Gasteiger partial charge >= 0.3 is 6.18 Å². The molecule has 1 atom stereocenters. The lowest BCUT2D eigenvalue weighted by atomic mass is 10.1. The number of alkyl halides is 3. The second kappa shape index (κ2) is 6.29. The molecule has 1 N–H and O–H groups in total. The van der Waals surface area contributed by atoms with Crippen molar-refractivity contribution in [1.82, 2.24) is 10.3 Å². The van der Waals surface area contributed by atoms with Crippen molar-refractivity contribution in [2.75, 3.05) is 6.54 Å². The minimum absolute atomic E-state index is 0.155. The van der Waals surface area contributed by atoms with Gasteiger partial charge in [0.2, 0.25) is 0 Å². The van der Waals surface area contributed by atoms with Crippen LogP contribution in [-0.4, -0.2) is 11.5 Å². The molecule has 0 amide bonds. The van der Waals surface area contributed by atoms with Crippen LogP contribution in [0.2, 0.25) is 5.02 Å². The highest BCUT2D eigenvalue weighted by Gasteiger charge is 2.35.